The van der Waals surface area contributed by atoms with Crippen molar-refractivity contribution in [2.24, 2.45) is 0 Å². The molecular formula is C40H36N6O4. The van der Waals surface area contributed by atoms with Crippen LogP contribution < -0.4 is 21.3 Å². The summed E-state index contributed by atoms with van der Waals surface area (Å²) >= 11 is 0. The Morgan fingerprint density at radius 1 is 0.600 bits per heavy atom. The summed E-state index contributed by atoms with van der Waals surface area (Å²) in [6, 6.07) is 32.7. The first-order chi connectivity index (χ1) is 24.4. The Kier molecular flexibility index (Phi) is 7.01. The van der Waals surface area contributed by atoms with Gasteiger partial charge in [0.05, 0.1) is 0 Å². The lowest BCUT2D eigenvalue weighted by molar-refractivity contribution is -0.148. The van der Waals surface area contributed by atoms with Crippen LogP contribution in [0.1, 0.15) is 28.7 Å². The Morgan fingerprint density at radius 3 is 1.90 bits per heavy atom. The first-order valence-corrected chi connectivity index (χ1v) is 17.2. The highest BCUT2D eigenvalue weighted by Gasteiger charge is 2.64. The number of rotatable bonds is 7. The Hall–Kier alpha value is -5.90. The van der Waals surface area contributed by atoms with E-state index in [1.807, 2.05) is 103 Å². The highest BCUT2D eigenvalue weighted by Crippen LogP contribution is 2.54. The van der Waals surface area contributed by atoms with E-state index in [1.54, 1.807) is 4.90 Å². The van der Waals surface area contributed by atoms with Gasteiger partial charge in [0, 0.05) is 54.0 Å². The molecule has 10 heteroatoms. The summed E-state index contributed by atoms with van der Waals surface area (Å²) in [5.74, 6) is -0.719. The average Bonchev–Trinajstić information content (AvgIpc) is 3.78. The maximum absolute atomic E-state index is 14.3. The summed E-state index contributed by atoms with van der Waals surface area (Å²) in [4.78, 5) is 56.7. The van der Waals surface area contributed by atoms with E-state index in [2.05, 4.69) is 38.1 Å². The van der Waals surface area contributed by atoms with Crippen molar-refractivity contribution in [3.05, 3.63) is 138 Å². The topological polar surface area (TPSA) is 125 Å². The van der Waals surface area contributed by atoms with Crippen molar-refractivity contribution in [3.63, 3.8) is 0 Å². The molecule has 0 radical (unpaired) electrons. The third kappa shape index (κ3) is 4.69. The quantitative estimate of drug-likeness (QED) is 0.213. The Balaban J connectivity index is 1.08. The Morgan fingerprint density at radius 2 is 1.18 bits per heavy atom. The van der Waals surface area contributed by atoms with Crippen LogP contribution in [0.4, 0.5) is 5.69 Å². The van der Waals surface area contributed by atoms with Crippen LogP contribution in [0.15, 0.2) is 115 Å². The van der Waals surface area contributed by atoms with Gasteiger partial charge in [-0.05, 0) is 28.8 Å². The minimum atomic E-state index is -0.813. The van der Waals surface area contributed by atoms with Crippen molar-refractivity contribution < 1.29 is 19.2 Å². The number of hydrogen-bond donors (Lipinski definition) is 4. The summed E-state index contributed by atoms with van der Waals surface area (Å²) < 4.78 is 2.20. The molecule has 0 spiro atoms. The van der Waals surface area contributed by atoms with Gasteiger partial charge in [0.15, 0.2) is 0 Å². The molecule has 0 bridgehead atoms. The van der Waals surface area contributed by atoms with Crippen molar-refractivity contribution in [2.75, 3.05) is 5.32 Å². The highest BCUT2D eigenvalue weighted by molar-refractivity contribution is 6.00. The minimum absolute atomic E-state index is 0.117. The number of fused-ring (bicyclic) bond motifs is 6. The third-order valence-corrected chi connectivity index (χ3v) is 10.9. The highest BCUT2D eigenvalue weighted by atomic mass is 16.2. The van der Waals surface area contributed by atoms with E-state index in [0.717, 1.165) is 38.8 Å². The molecule has 250 valence electrons. The molecule has 4 aliphatic heterocycles. The fraction of sp³-hybridized carbons (Fsp3) is 0.250. The molecule has 4 amide bonds. The van der Waals surface area contributed by atoms with Gasteiger partial charge < -0.3 is 30.7 Å². The smallest absolute Gasteiger partial charge is 0.247 e. The van der Waals surface area contributed by atoms with E-state index in [1.165, 1.54) is 0 Å². The summed E-state index contributed by atoms with van der Waals surface area (Å²) in [7, 11) is 0. The second-order valence-corrected chi connectivity index (χ2v) is 13.8. The SMILES string of the molecule is O=C1N[C@H](Cc2ccccc2)C(=O)N[C@H]1Cc1cn([C@]23C[C@H]4C(=O)N[C@H](Cc5ccccc5)C(=O)N4[C@H]2Nc2ccccc23)c2ccccc12. The van der Waals surface area contributed by atoms with Gasteiger partial charge in [0.2, 0.25) is 23.6 Å². The van der Waals surface area contributed by atoms with E-state index < -0.39 is 35.9 Å². The third-order valence-electron chi connectivity index (χ3n) is 10.9. The Labute approximate surface area is 288 Å². The zero-order valence-corrected chi connectivity index (χ0v) is 27.2. The number of nitrogens with zero attached hydrogens (tertiary/aromatic N) is 2. The van der Waals surface area contributed by atoms with Crippen LogP contribution in [-0.2, 0) is 44.0 Å². The van der Waals surface area contributed by atoms with Gasteiger partial charge in [0.25, 0.3) is 0 Å². The van der Waals surface area contributed by atoms with Crippen molar-refractivity contribution >= 4 is 40.2 Å². The largest absolute Gasteiger partial charge is 0.363 e. The lowest BCUT2D eigenvalue weighted by Crippen LogP contribution is -2.64. The van der Waals surface area contributed by atoms with E-state index in [9.17, 15) is 19.2 Å². The molecule has 5 heterocycles. The molecule has 6 atom stereocenters. The number of aromatic nitrogens is 1. The van der Waals surface area contributed by atoms with Gasteiger partial charge in [-0.25, -0.2) is 0 Å². The second kappa shape index (κ2) is 11.6. The fourth-order valence-corrected chi connectivity index (χ4v) is 8.63. The van der Waals surface area contributed by atoms with Crippen LogP contribution in [-0.4, -0.2) is 63.4 Å². The molecule has 50 heavy (non-hydrogen) atoms. The lowest BCUT2D eigenvalue weighted by Gasteiger charge is -2.39. The van der Waals surface area contributed by atoms with Gasteiger partial charge in [-0.1, -0.05) is 97.1 Å². The van der Waals surface area contributed by atoms with Crippen LogP contribution >= 0.6 is 0 Å². The van der Waals surface area contributed by atoms with Crippen LogP contribution in [0.3, 0.4) is 0 Å². The molecule has 3 saturated heterocycles. The second-order valence-electron chi connectivity index (χ2n) is 13.8. The number of anilines is 1. The minimum Gasteiger partial charge on any atom is -0.363 e. The van der Waals surface area contributed by atoms with Crippen LogP contribution in [0.5, 0.6) is 0 Å². The molecule has 4 N–H and O–H groups in total. The number of piperazine rings is 2. The zero-order chi connectivity index (χ0) is 34.0. The van der Waals surface area contributed by atoms with E-state index in [4.69, 9.17) is 0 Å². The molecule has 1 aromatic heterocycles. The summed E-state index contributed by atoms with van der Waals surface area (Å²) in [6.07, 6.45) is 3.00. The summed E-state index contributed by atoms with van der Waals surface area (Å²) in [5, 5.41) is 13.6. The molecule has 0 unspecified atom stereocenters. The lowest BCUT2D eigenvalue weighted by atomic mass is 9.86. The van der Waals surface area contributed by atoms with Gasteiger partial charge in [-0.2, -0.15) is 0 Å². The predicted molar refractivity (Wildman–Crippen MR) is 188 cm³/mol. The number of carbonyl (C=O) groups is 4. The number of nitrogens with one attached hydrogen (secondary N) is 4. The first-order valence-electron chi connectivity index (χ1n) is 17.2. The zero-order valence-electron chi connectivity index (χ0n) is 27.2. The molecule has 4 aromatic carbocycles. The first kappa shape index (κ1) is 30.2. The van der Waals surface area contributed by atoms with E-state index >= 15 is 0 Å². The molecule has 5 aromatic rings. The van der Waals surface area contributed by atoms with Crippen LogP contribution in [0.2, 0.25) is 0 Å². The Bertz CT molecular complexity index is 2170. The van der Waals surface area contributed by atoms with Crippen molar-refractivity contribution in [3.8, 4) is 0 Å². The average molecular weight is 665 g/mol. The molecule has 0 aliphatic carbocycles. The molecule has 0 saturated carbocycles. The maximum Gasteiger partial charge on any atom is 0.247 e. The monoisotopic (exact) mass is 664 g/mol. The van der Waals surface area contributed by atoms with Crippen molar-refractivity contribution in [1.29, 1.82) is 0 Å². The predicted octanol–water partition coefficient (Wildman–Crippen LogP) is 3.25. The fourth-order valence-electron chi connectivity index (χ4n) is 8.63. The molecule has 4 aliphatic rings. The van der Waals surface area contributed by atoms with E-state index in [0.29, 0.717) is 19.3 Å². The van der Waals surface area contributed by atoms with Gasteiger partial charge in [-0.3, -0.25) is 19.2 Å². The number of amides is 4. The molecular weight excluding hydrogens is 628 g/mol. The molecule has 10 nitrogen and oxygen atoms in total. The normalized spacial score (nSPS) is 26.8. The van der Waals surface area contributed by atoms with Crippen molar-refractivity contribution in [2.45, 2.75) is 61.6 Å². The summed E-state index contributed by atoms with van der Waals surface area (Å²) in [5.41, 5.74) is 4.86. The van der Waals surface area contributed by atoms with Crippen molar-refractivity contribution in [1.82, 2.24) is 25.4 Å². The van der Waals surface area contributed by atoms with Crippen LogP contribution in [0, 0.1) is 0 Å². The maximum atomic E-state index is 14.3. The number of benzene rings is 4. The number of para-hydroxylation sites is 2. The number of hydrogen-bond acceptors (Lipinski definition) is 5. The van der Waals surface area contributed by atoms with E-state index in [-0.39, 0.29) is 30.0 Å². The number of carbonyl (C=O) groups excluding carboxylic acids is 4. The summed E-state index contributed by atoms with van der Waals surface area (Å²) in [6.45, 7) is 0. The van der Waals surface area contributed by atoms with Gasteiger partial charge in [0.1, 0.15) is 35.9 Å². The van der Waals surface area contributed by atoms with Gasteiger partial charge in [-0.15, -0.1) is 0 Å². The molecule has 9 rings (SSSR count). The standard InChI is InChI=1S/C40H36N6O4/c47-35-30(19-24-11-3-1-4-12-24)41-36(48)31(42-35)21-26-23-45(33-18-10-7-15-27(26)33)40-22-34-37(49)43-32(20-25-13-5-2-6-14-25)38(50)46(34)39(40)44-29-17-9-8-16-28(29)40/h1-18,23,30-32,34,39,44H,19-22H2,(H,41,48)(H,42,47)(H,43,49)/t30-,31+,32-,34+,39-,40+/m1/s1. The van der Waals surface area contributed by atoms with Gasteiger partial charge >= 0.3 is 0 Å². The van der Waals surface area contributed by atoms with Crippen LogP contribution in [0.25, 0.3) is 10.9 Å². The molecule has 3 fully saturated rings.